The van der Waals surface area contributed by atoms with Crippen LogP contribution in [0.15, 0.2) is 6.07 Å². The quantitative estimate of drug-likeness (QED) is 0.811. The lowest BCUT2D eigenvalue weighted by Crippen LogP contribution is -2.30. The number of amides is 1. The van der Waals surface area contributed by atoms with E-state index in [0.717, 1.165) is 23.6 Å². The first-order valence-corrected chi connectivity index (χ1v) is 10.6. The van der Waals surface area contributed by atoms with E-state index >= 15 is 0 Å². The van der Waals surface area contributed by atoms with Crippen molar-refractivity contribution in [1.82, 2.24) is 19.4 Å². The molecular formula is C14H24N4O3S2. The van der Waals surface area contributed by atoms with Crippen molar-refractivity contribution < 1.29 is 13.2 Å². The van der Waals surface area contributed by atoms with Crippen LogP contribution in [0.4, 0.5) is 0 Å². The zero-order valence-corrected chi connectivity index (χ0v) is 15.4. The molecule has 0 aromatic carbocycles. The third-order valence-electron chi connectivity index (χ3n) is 3.73. The number of rotatable bonds is 6. The second-order valence-electron chi connectivity index (χ2n) is 5.62. The summed E-state index contributed by atoms with van der Waals surface area (Å²) in [6, 6.07) is 1.88. The van der Waals surface area contributed by atoms with Gasteiger partial charge in [0.05, 0.1) is 36.0 Å². The number of thioether (sulfide) groups is 1. The van der Waals surface area contributed by atoms with Crippen LogP contribution in [0.3, 0.4) is 0 Å². The zero-order valence-electron chi connectivity index (χ0n) is 13.8. The number of hydrogen-bond acceptors (Lipinski definition) is 5. The first-order chi connectivity index (χ1) is 10.8. The molecule has 1 atom stereocenters. The minimum Gasteiger partial charge on any atom is -0.349 e. The number of aromatic nitrogens is 2. The Morgan fingerprint density at radius 1 is 1.48 bits per heavy atom. The predicted molar refractivity (Wildman–Crippen MR) is 91.5 cm³/mol. The molecule has 2 heterocycles. The number of nitrogens with zero attached hydrogens (tertiary/aromatic N) is 3. The van der Waals surface area contributed by atoms with Crippen LogP contribution < -0.4 is 5.32 Å². The van der Waals surface area contributed by atoms with Gasteiger partial charge in [0, 0.05) is 13.1 Å². The van der Waals surface area contributed by atoms with Crippen molar-refractivity contribution in [2.45, 2.75) is 45.2 Å². The largest absolute Gasteiger partial charge is 0.349 e. The maximum atomic E-state index is 11.9. The SMILES string of the molecule is CCSC(C)C(=O)NCc1cc2n(n1)CCCN(S(C)(=O)=O)C2. The summed E-state index contributed by atoms with van der Waals surface area (Å²) >= 11 is 1.60. The fourth-order valence-electron chi connectivity index (χ4n) is 2.51. The van der Waals surface area contributed by atoms with Crippen molar-refractivity contribution in [2.24, 2.45) is 0 Å². The van der Waals surface area contributed by atoms with Gasteiger partial charge in [0.15, 0.2) is 0 Å². The maximum Gasteiger partial charge on any atom is 0.233 e. The van der Waals surface area contributed by atoms with E-state index in [9.17, 15) is 13.2 Å². The van der Waals surface area contributed by atoms with E-state index < -0.39 is 10.0 Å². The van der Waals surface area contributed by atoms with E-state index in [-0.39, 0.29) is 11.2 Å². The van der Waals surface area contributed by atoms with Gasteiger partial charge in [-0.1, -0.05) is 6.92 Å². The number of carbonyl (C=O) groups is 1. The van der Waals surface area contributed by atoms with Crippen molar-refractivity contribution in [3.05, 3.63) is 17.5 Å². The molecule has 0 fully saturated rings. The second kappa shape index (κ2) is 7.67. The lowest BCUT2D eigenvalue weighted by molar-refractivity contribution is -0.120. The number of fused-ring (bicyclic) bond motifs is 1. The Bertz CT molecular complexity index is 657. The Kier molecular flexibility index (Phi) is 6.10. The molecule has 1 amide bonds. The summed E-state index contributed by atoms with van der Waals surface area (Å²) in [5, 5.41) is 7.28. The van der Waals surface area contributed by atoms with Crippen LogP contribution in [0, 0.1) is 0 Å². The number of carbonyl (C=O) groups excluding carboxylic acids is 1. The molecule has 1 unspecified atom stereocenters. The van der Waals surface area contributed by atoms with Gasteiger partial charge in [-0.05, 0) is 25.2 Å². The Balaban J connectivity index is 2.01. The van der Waals surface area contributed by atoms with Gasteiger partial charge in [0.2, 0.25) is 15.9 Å². The highest BCUT2D eigenvalue weighted by atomic mass is 32.2. The van der Waals surface area contributed by atoms with Crippen molar-refractivity contribution in [3.63, 3.8) is 0 Å². The van der Waals surface area contributed by atoms with Gasteiger partial charge in [-0.25, -0.2) is 8.42 Å². The van der Waals surface area contributed by atoms with E-state index in [1.807, 2.05) is 24.6 Å². The van der Waals surface area contributed by atoms with Gasteiger partial charge in [-0.15, -0.1) is 11.8 Å². The smallest absolute Gasteiger partial charge is 0.233 e. The minimum atomic E-state index is -3.21. The molecule has 130 valence electrons. The molecule has 2 rings (SSSR count). The third-order valence-corrected chi connectivity index (χ3v) is 6.03. The first kappa shape index (κ1) is 18.3. The van der Waals surface area contributed by atoms with Crippen molar-refractivity contribution in [2.75, 3.05) is 18.6 Å². The topological polar surface area (TPSA) is 84.3 Å². The molecule has 9 heteroatoms. The van der Waals surface area contributed by atoms with E-state index in [4.69, 9.17) is 0 Å². The number of aryl methyl sites for hydroxylation is 1. The number of hydrogen-bond donors (Lipinski definition) is 1. The second-order valence-corrected chi connectivity index (χ2v) is 9.22. The molecule has 23 heavy (non-hydrogen) atoms. The highest BCUT2D eigenvalue weighted by molar-refractivity contribution is 8.00. The van der Waals surface area contributed by atoms with Crippen molar-refractivity contribution in [1.29, 1.82) is 0 Å². The predicted octanol–water partition coefficient (Wildman–Crippen LogP) is 0.806. The van der Waals surface area contributed by atoms with Crippen LogP contribution in [0.25, 0.3) is 0 Å². The zero-order chi connectivity index (χ0) is 17.0. The van der Waals surface area contributed by atoms with Gasteiger partial charge >= 0.3 is 0 Å². The van der Waals surface area contributed by atoms with Gasteiger partial charge in [0.1, 0.15) is 0 Å². The molecule has 0 saturated heterocycles. The van der Waals surface area contributed by atoms with Crippen LogP contribution in [-0.2, 0) is 34.5 Å². The van der Waals surface area contributed by atoms with Gasteiger partial charge in [0.25, 0.3) is 0 Å². The highest BCUT2D eigenvalue weighted by Crippen LogP contribution is 2.16. The molecule has 0 saturated carbocycles. The average molecular weight is 361 g/mol. The van der Waals surface area contributed by atoms with Gasteiger partial charge in [-0.3, -0.25) is 9.48 Å². The van der Waals surface area contributed by atoms with Gasteiger partial charge in [-0.2, -0.15) is 9.40 Å². The van der Waals surface area contributed by atoms with E-state index in [1.54, 1.807) is 11.8 Å². The van der Waals surface area contributed by atoms with Crippen LogP contribution >= 0.6 is 11.8 Å². The molecule has 0 radical (unpaired) electrons. The summed E-state index contributed by atoms with van der Waals surface area (Å²) in [4.78, 5) is 11.9. The normalized spacial score (nSPS) is 17.3. The summed E-state index contributed by atoms with van der Waals surface area (Å²) in [6.45, 7) is 5.82. The lowest BCUT2D eigenvalue weighted by atomic mass is 10.3. The van der Waals surface area contributed by atoms with Gasteiger partial charge < -0.3 is 5.32 Å². The first-order valence-electron chi connectivity index (χ1n) is 7.71. The maximum absolute atomic E-state index is 11.9. The summed E-state index contributed by atoms with van der Waals surface area (Å²) in [7, 11) is -3.21. The van der Waals surface area contributed by atoms with Crippen LogP contribution in [-0.4, -0.2) is 52.2 Å². The van der Waals surface area contributed by atoms with Crippen LogP contribution in [0.2, 0.25) is 0 Å². The van der Waals surface area contributed by atoms with Crippen LogP contribution in [0.1, 0.15) is 31.7 Å². The fourth-order valence-corrected chi connectivity index (χ4v) is 4.07. The van der Waals surface area contributed by atoms with E-state index in [1.165, 1.54) is 10.6 Å². The molecule has 0 bridgehead atoms. The molecule has 1 aromatic heterocycles. The monoisotopic (exact) mass is 360 g/mol. The molecule has 0 aliphatic carbocycles. The Morgan fingerprint density at radius 2 is 2.22 bits per heavy atom. The number of sulfonamides is 1. The van der Waals surface area contributed by atoms with Crippen molar-refractivity contribution >= 4 is 27.7 Å². The summed E-state index contributed by atoms with van der Waals surface area (Å²) in [5.41, 5.74) is 1.63. The average Bonchev–Trinajstić information content (AvgIpc) is 2.74. The fraction of sp³-hybridized carbons (Fsp3) is 0.714. The minimum absolute atomic E-state index is 0.00203. The third kappa shape index (κ3) is 4.95. The van der Waals surface area contributed by atoms with E-state index in [0.29, 0.717) is 26.2 Å². The molecular weight excluding hydrogens is 336 g/mol. The summed E-state index contributed by atoms with van der Waals surface area (Å²) < 4.78 is 26.8. The molecule has 0 spiro atoms. The molecule has 1 aliphatic heterocycles. The standard InChI is InChI=1S/C14H24N4O3S2/c1-4-22-11(2)14(19)15-9-12-8-13-10-17(23(3,20)21)6-5-7-18(13)16-12/h8,11H,4-7,9-10H2,1-3H3,(H,15,19). The molecule has 1 N–H and O–H groups in total. The number of nitrogens with one attached hydrogen (secondary N) is 1. The molecule has 1 aromatic rings. The Hall–Kier alpha value is -1.06. The summed E-state index contributed by atoms with van der Waals surface area (Å²) in [6.07, 6.45) is 1.96. The lowest BCUT2D eigenvalue weighted by Gasteiger charge is -2.16. The molecule has 1 aliphatic rings. The Labute approximate surface area is 141 Å². The molecule has 7 nitrogen and oxygen atoms in total. The highest BCUT2D eigenvalue weighted by Gasteiger charge is 2.23. The van der Waals surface area contributed by atoms with Crippen molar-refractivity contribution in [3.8, 4) is 0 Å². The van der Waals surface area contributed by atoms with E-state index in [2.05, 4.69) is 10.4 Å². The van der Waals surface area contributed by atoms with Crippen LogP contribution in [0.5, 0.6) is 0 Å². The Morgan fingerprint density at radius 3 is 2.87 bits per heavy atom. The summed E-state index contributed by atoms with van der Waals surface area (Å²) in [5.74, 6) is 0.895.